The first-order chi connectivity index (χ1) is 25.7. The van der Waals surface area contributed by atoms with Gasteiger partial charge in [-0.25, -0.2) is 0 Å². The molecule has 0 amide bonds. The Hall–Kier alpha value is -6.48. The number of fused-ring (bicyclic) bond motifs is 5. The lowest BCUT2D eigenvalue weighted by Gasteiger charge is -2.26. The monoisotopic (exact) mass is 679 g/mol. The van der Waals surface area contributed by atoms with Gasteiger partial charge in [0.15, 0.2) is 0 Å². The fourth-order valence-electron chi connectivity index (χ4n) is 7.54. The Morgan fingerprint density at radius 2 is 0.769 bits per heavy atom. The van der Waals surface area contributed by atoms with E-state index in [1.54, 1.807) is 0 Å². The van der Waals surface area contributed by atoms with Gasteiger partial charge in [0.25, 0.3) is 0 Å². The van der Waals surface area contributed by atoms with E-state index < -0.39 is 0 Å². The zero-order chi connectivity index (χ0) is 34.4. The molecule has 0 unspecified atom stereocenters. The normalized spacial score (nSPS) is 11.5. The van der Waals surface area contributed by atoms with E-state index in [1.807, 2.05) is 11.3 Å². The van der Waals surface area contributed by atoms with Crippen molar-refractivity contribution in [1.82, 2.24) is 0 Å². The van der Waals surface area contributed by atoms with Crippen LogP contribution in [0, 0.1) is 0 Å². The molecule has 10 aromatic rings. The summed E-state index contributed by atoms with van der Waals surface area (Å²) in [6, 6.07) is 73.0. The Kier molecular flexibility index (Phi) is 7.41. The fourth-order valence-corrected chi connectivity index (χ4v) is 8.69. The van der Waals surface area contributed by atoms with Gasteiger partial charge in [0.2, 0.25) is 0 Å². The first kappa shape index (κ1) is 30.4. The van der Waals surface area contributed by atoms with Crippen LogP contribution in [0.25, 0.3) is 75.1 Å². The molecule has 0 aliphatic heterocycles. The number of benzene rings is 9. The van der Waals surface area contributed by atoms with Gasteiger partial charge < -0.3 is 4.90 Å². The summed E-state index contributed by atoms with van der Waals surface area (Å²) in [4.78, 5) is 2.37. The van der Waals surface area contributed by atoms with Crippen LogP contribution in [-0.4, -0.2) is 0 Å². The van der Waals surface area contributed by atoms with Crippen LogP contribution in [0.15, 0.2) is 200 Å². The molecule has 0 aliphatic carbocycles. The Morgan fingerprint density at radius 1 is 0.269 bits per heavy atom. The van der Waals surface area contributed by atoms with E-state index in [9.17, 15) is 0 Å². The molecule has 0 radical (unpaired) electrons. The van der Waals surface area contributed by atoms with Gasteiger partial charge in [-0.2, -0.15) is 0 Å². The predicted molar refractivity (Wildman–Crippen MR) is 225 cm³/mol. The molecule has 244 valence electrons. The Bertz CT molecular complexity index is 2910. The molecule has 0 bridgehead atoms. The lowest BCUT2D eigenvalue weighted by Crippen LogP contribution is -2.09. The summed E-state index contributed by atoms with van der Waals surface area (Å²) in [6.45, 7) is 0. The van der Waals surface area contributed by atoms with Crippen molar-refractivity contribution in [2.24, 2.45) is 0 Å². The van der Waals surface area contributed by atoms with E-state index in [0.717, 1.165) is 17.1 Å². The van der Waals surface area contributed by atoms with E-state index in [1.165, 1.54) is 75.1 Å². The third-order valence-corrected chi connectivity index (χ3v) is 11.3. The number of thiophene rings is 1. The molecule has 1 aromatic heterocycles. The second kappa shape index (κ2) is 12.7. The number of para-hydroxylation sites is 1. The van der Waals surface area contributed by atoms with Crippen LogP contribution in [0.1, 0.15) is 0 Å². The van der Waals surface area contributed by atoms with Crippen molar-refractivity contribution < 1.29 is 0 Å². The molecule has 0 spiro atoms. The molecule has 0 saturated carbocycles. The number of hydrogen-bond acceptors (Lipinski definition) is 2. The molecule has 2 heteroatoms. The van der Waals surface area contributed by atoms with Crippen molar-refractivity contribution in [3.05, 3.63) is 200 Å². The van der Waals surface area contributed by atoms with Gasteiger partial charge in [-0.1, -0.05) is 133 Å². The second-order valence-electron chi connectivity index (χ2n) is 13.4. The van der Waals surface area contributed by atoms with Crippen LogP contribution in [0.5, 0.6) is 0 Å². The summed E-state index contributed by atoms with van der Waals surface area (Å²) in [6.07, 6.45) is 0. The molecular weight excluding hydrogens is 647 g/mol. The number of nitrogens with zero attached hydrogens (tertiary/aromatic N) is 1. The number of rotatable bonds is 6. The fraction of sp³-hybridized carbons (Fsp3) is 0. The summed E-state index contributed by atoms with van der Waals surface area (Å²) in [5.74, 6) is 0. The Balaban J connectivity index is 1.04. The van der Waals surface area contributed by atoms with Crippen LogP contribution in [0.4, 0.5) is 17.1 Å². The molecule has 0 N–H and O–H groups in total. The van der Waals surface area contributed by atoms with Crippen LogP contribution < -0.4 is 4.90 Å². The van der Waals surface area contributed by atoms with Gasteiger partial charge in [0, 0.05) is 37.2 Å². The summed E-state index contributed by atoms with van der Waals surface area (Å²) >= 11 is 1.86. The zero-order valence-corrected chi connectivity index (χ0v) is 29.2. The van der Waals surface area contributed by atoms with Gasteiger partial charge in [-0.3, -0.25) is 0 Å². The molecule has 0 atom stereocenters. The maximum absolute atomic E-state index is 2.37. The first-order valence-corrected chi connectivity index (χ1v) is 18.6. The molecule has 1 nitrogen and oxygen atoms in total. The summed E-state index contributed by atoms with van der Waals surface area (Å²) < 4.78 is 2.65. The van der Waals surface area contributed by atoms with Crippen molar-refractivity contribution in [2.45, 2.75) is 0 Å². The van der Waals surface area contributed by atoms with Crippen LogP contribution in [-0.2, 0) is 0 Å². The Labute approximate surface area is 307 Å². The maximum atomic E-state index is 2.37. The number of anilines is 3. The molecule has 0 aliphatic rings. The van der Waals surface area contributed by atoms with Crippen LogP contribution in [0.2, 0.25) is 0 Å². The average Bonchev–Trinajstić information content (AvgIpc) is 3.59. The van der Waals surface area contributed by atoms with Crippen LogP contribution in [0.3, 0.4) is 0 Å². The van der Waals surface area contributed by atoms with Gasteiger partial charge >= 0.3 is 0 Å². The number of hydrogen-bond donors (Lipinski definition) is 0. The summed E-state index contributed by atoms with van der Waals surface area (Å²) in [5.41, 5.74) is 10.7. The lowest BCUT2D eigenvalue weighted by molar-refractivity contribution is 1.29. The minimum absolute atomic E-state index is 1.12. The minimum Gasteiger partial charge on any atom is -0.310 e. The highest BCUT2D eigenvalue weighted by molar-refractivity contribution is 7.25. The molecule has 52 heavy (non-hydrogen) atoms. The van der Waals surface area contributed by atoms with E-state index in [0.29, 0.717) is 0 Å². The molecule has 0 fully saturated rings. The molecule has 9 aromatic carbocycles. The maximum Gasteiger partial charge on any atom is 0.0468 e. The first-order valence-electron chi connectivity index (χ1n) is 17.7. The molecule has 0 saturated heterocycles. The lowest BCUT2D eigenvalue weighted by atomic mass is 9.96. The van der Waals surface area contributed by atoms with E-state index in [2.05, 4.69) is 205 Å². The largest absolute Gasteiger partial charge is 0.310 e. The highest BCUT2D eigenvalue weighted by Crippen LogP contribution is 2.40. The standard InChI is InChI=1S/C50H33NS/c1-3-10-34(11-4-1)38-21-18-35-19-22-39(29-42(35)28-38)40-23-20-36-24-26-46(32-43(36)30-40)51(44-13-5-2-6-14-44)45-15-9-12-37(31-45)41-25-27-48-47-16-7-8-17-49(47)52-50(48)33-41/h1-33H. The summed E-state index contributed by atoms with van der Waals surface area (Å²) in [5, 5.41) is 7.57. The third-order valence-electron chi connectivity index (χ3n) is 10.2. The quantitative estimate of drug-likeness (QED) is 0.169. The third kappa shape index (κ3) is 5.51. The van der Waals surface area contributed by atoms with Crippen molar-refractivity contribution in [1.29, 1.82) is 0 Å². The van der Waals surface area contributed by atoms with Crippen LogP contribution >= 0.6 is 11.3 Å². The topological polar surface area (TPSA) is 3.24 Å². The Morgan fingerprint density at radius 3 is 1.52 bits per heavy atom. The SMILES string of the molecule is c1ccc(-c2ccc3ccc(-c4ccc5ccc(N(c6ccccc6)c6cccc(-c7ccc8c(c7)sc7ccccc78)c6)cc5c4)cc3c2)cc1. The van der Waals surface area contributed by atoms with Crippen molar-refractivity contribution in [2.75, 3.05) is 4.90 Å². The molecule has 1 heterocycles. The second-order valence-corrected chi connectivity index (χ2v) is 14.5. The highest BCUT2D eigenvalue weighted by Gasteiger charge is 2.15. The van der Waals surface area contributed by atoms with Crippen molar-refractivity contribution in [3.63, 3.8) is 0 Å². The molecule has 10 rings (SSSR count). The van der Waals surface area contributed by atoms with Gasteiger partial charge in [0.05, 0.1) is 0 Å². The smallest absolute Gasteiger partial charge is 0.0468 e. The van der Waals surface area contributed by atoms with Gasteiger partial charge in [0.1, 0.15) is 0 Å². The average molecular weight is 680 g/mol. The highest BCUT2D eigenvalue weighted by atomic mass is 32.1. The van der Waals surface area contributed by atoms with Crippen molar-refractivity contribution >= 4 is 70.1 Å². The van der Waals surface area contributed by atoms with E-state index in [4.69, 9.17) is 0 Å². The van der Waals surface area contributed by atoms with Gasteiger partial charge in [-0.15, -0.1) is 11.3 Å². The van der Waals surface area contributed by atoms with E-state index >= 15 is 0 Å². The minimum atomic E-state index is 1.12. The molecular formula is C50H33NS. The van der Waals surface area contributed by atoms with Crippen molar-refractivity contribution in [3.8, 4) is 33.4 Å². The summed E-state index contributed by atoms with van der Waals surface area (Å²) in [7, 11) is 0. The zero-order valence-electron chi connectivity index (χ0n) is 28.4. The van der Waals surface area contributed by atoms with Gasteiger partial charge in [-0.05, 0) is 122 Å². The predicted octanol–water partition coefficient (Wildman–Crippen LogP) is 14.8. The van der Waals surface area contributed by atoms with E-state index in [-0.39, 0.29) is 0 Å².